The molecule has 0 aromatic heterocycles. The highest BCUT2D eigenvalue weighted by atomic mass is 19.4. The quantitative estimate of drug-likeness (QED) is 0.0994. The van der Waals surface area contributed by atoms with E-state index >= 15 is 13.2 Å². The molecule has 4 aliphatic rings. The van der Waals surface area contributed by atoms with Crippen LogP contribution in [-0.2, 0) is 12.4 Å². The first kappa shape index (κ1) is 45.2. The highest BCUT2D eigenvalue weighted by Crippen LogP contribution is 2.53. The van der Waals surface area contributed by atoms with Crippen molar-refractivity contribution in [2.75, 3.05) is 0 Å². The molecule has 0 unspecified atom stereocenters. The lowest BCUT2D eigenvalue weighted by Crippen LogP contribution is -2.58. The van der Waals surface area contributed by atoms with Gasteiger partial charge >= 0.3 is 12.4 Å². The first-order valence-corrected chi connectivity index (χ1v) is 26.0. The molecular formula is C68H38B2F6O2. The topological polar surface area (TPSA) is 18.5 Å². The Hall–Kier alpha value is -9.01. The maximum absolute atomic E-state index is 15.5. The monoisotopic (exact) mass is 1020 g/mol. The molecule has 0 spiro atoms. The van der Waals surface area contributed by atoms with Crippen molar-refractivity contribution < 1.29 is 35.8 Å². The zero-order valence-corrected chi connectivity index (χ0v) is 41.7. The summed E-state index contributed by atoms with van der Waals surface area (Å²) in [6, 6.07) is 62.2. The summed E-state index contributed by atoms with van der Waals surface area (Å²) in [6.07, 6.45) is -9.56. The molecule has 0 saturated carbocycles. The first-order valence-electron chi connectivity index (χ1n) is 26.0. The predicted octanol–water partition coefficient (Wildman–Crippen LogP) is 15.1. The van der Waals surface area contributed by atoms with Crippen LogP contribution in [0.1, 0.15) is 22.3 Å². The molecule has 4 aliphatic heterocycles. The van der Waals surface area contributed by atoms with Crippen molar-refractivity contribution in [1.82, 2.24) is 0 Å². The van der Waals surface area contributed by atoms with Crippen molar-refractivity contribution in [3.8, 4) is 89.8 Å². The van der Waals surface area contributed by atoms with E-state index in [1.807, 2.05) is 60.7 Å². The van der Waals surface area contributed by atoms with Crippen LogP contribution in [0.4, 0.5) is 26.3 Å². The number of hydrogen-bond donors (Lipinski definition) is 0. The number of halogens is 6. The van der Waals surface area contributed by atoms with Crippen molar-refractivity contribution in [1.29, 1.82) is 0 Å². The molecule has 78 heavy (non-hydrogen) atoms. The van der Waals surface area contributed by atoms with Crippen LogP contribution < -0.4 is 42.3 Å². The lowest BCUT2D eigenvalue weighted by molar-refractivity contribution is -0.138. The van der Waals surface area contributed by atoms with Crippen LogP contribution in [0.3, 0.4) is 0 Å². The molecule has 0 radical (unpaired) electrons. The third-order valence-corrected chi connectivity index (χ3v) is 16.9. The van der Waals surface area contributed by atoms with Crippen LogP contribution in [0.25, 0.3) is 99.1 Å². The van der Waals surface area contributed by atoms with E-state index in [9.17, 15) is 13.2 Å². The number of benzene rings is 12. The SMILES string of the molecule is Cc1ccc2c(c1)Oc1cc(C)cc3c1B2c1cc2c(-c4ccccc4-c4ccccc4)cc4c5c(cc6c(-c7ccccc7-c7ccccc7)cc-3c1c6c25)B1c2ccc(C(F)(F)F)cc2Oc2cc(C(F)(F)F)cc-4c21. The second kappa shape index (κ2) is 15.8. The molecule has 0 N–H and O–H groups in total. The zero-order chi connectivity index (χ0) is 52.7. The average molecular weight is 1020 g/mol. The molecule has 0 atom stereocenters. The van der Waals surface area contributed by atoms with Gasteiger partial charge in [-0.05, 0) is 188 Å². The van der Waals surface area contributed by atoms with E-state index in [0.717, 1.165) is 151 Å². The largest absolute Gasteiger partial charge is 0.458 e. The fourth-order valence-corrected chi connectivity index (χ4v) is 13.7. The van der Waals surface area contributed by atoms with Crippen molar-refractivity contribution in [2.45, 2.75) is 26.2 Å². The Balaban J connectivity index is 1.15. The van der Waals surface area contributed by atoms with Crippen LogP contribution in [0.2, 0.25) is 0 Å². The van der Waals surface area contributed by atoms with Gasteiger partial charge in [-0.3, -0.25) is 0 Å². The van der Waals surface area contributed by atoms with Crippen molar-refractivity contribution in [2.24, 2.45) is 0 Å². The molecular weight excluding hydrogens is 984 g/mol. The normalized spacial score (nSPS) is 13.5. The minimum absolute atomic E-state index is 0.128. The van der Waals surface area contributed by atoms with Gasteiger partial charge in [0.05, 0.1) is 11.1 Å². The van der Waals surface area contributed by atoms with Crippen molar-refractivity contribution in [3.05, 3.63) is 216 Å². The molecule has 2 nitrogen and oxygen atoms in total. The van der Waals surface area contributed by atoms with E-state index in [4.69, 9.17) is 9.47 Å². The summed E-state index contributed by atoms with van der Waals surface area (Å²) < 4.78 is 104. The van der Waals surface area contributed by atoms with Gasteiger partial charge in [0.2, 0.25) is 0 Å². The lowest BCUT2D eigenvalue weighted by atomic mass is 9.31. The summed E-state index contributed by atoms with van der Waals surface area (Å²) in [4.78, 5) is 0. The van der Waals surface area contributed by atoms with E-state index in [0.29, 0.717) is 22.1 Å². The van der Waals surface area contributed by atoms with Gasteiger partial charge in [-0.2, -0.15) is 26.3 Å². The summed E-state index contributed by atoms with van der Waals surface area (Å²) in [5.74, 6) is 1.31. The Kier molecular flexibility index (Phi) is 9.15. The van der Waals surface area contributed by atoms with Crippen LogP contribution in [0, 0.1) is 13.8 Å². The van der Waals surface area contributed by atoms with E-state index in [1.54, 1.807) is 0 Å². The van der Waals surface area contributed by atoms with E-state index < -0.39 is 30.2 Å². The van der Waals surface area contributed by atoms with Gasteiger partial charge in [-0.25, -0.2) is 0 Å². The summed E-state index contributed by atoms with van der Waals surface area (Å²) in [6.45, 7) is 3.06. The molecule has 0 amide bonds. The van der Waals surface area contributed by atoms with Gasteiger partial charge in [-0.15, -0.1) is 0 Å². The maximum atomic E-state index is 15.5. The molecule has 0 bridgehead atoms. The highest BCUT2D eigenvalue weighted by molar-refractivity contribution is 7.01. The maximum Gasteiger partial charge on any atom is 0.416 e. The molecule has 4 heterocycles. The van der Waals surface area contributed by atoms with Gasteiger partial charge in [0, 0.05) is 0 Å². The molecule has 12 aromatic carbocycles. The van der Waals surface area contributed by atoms with Gasteiger partial charge in [0.25, 0.3) is 13.4 Å². The second-order valence-electron chi connectivity index (χ2n) is 21.3. The van der Waals surface area contributed by atoms with Gasteiger partial charge in [0.15, 0.2) is 0 Å². The Labute approximate surface area is 444 Å². The number of rotatable bonds is 4. The Bertz CT molecular complexity index is 4620. The van der Waals surface area contributed by atoms with E-state index in [-0.39, 0.29) is 18.2 Å². The van der Waals surface area contributed by atoms with E-state index in [2.05, 4.69) is 117 Å². The van der Waals surface area contributed by atoms with E-state index in [1.165, 1.54) is 12.1 Å². The molecule has 12 aromatic rings. The summed E-state index contributed by atoms with van der Waals surface area (Å²) in [7, 11) is 0. The molecule has 0 fully saturated rings. The minimum atomic E-state index is -4.82. The number of aryl methyl sites for hydroxylation is 2. The van der Waals surface area contributed by atoms with Crippen LogP contribution in [0.15, 0.2) is 194 Å². The Morgan fingerprint density at radius 2 is 0.744 bits per heavy atom. The summed E-state index contributed by atoms with van der Waals surface area (Å²) in [5, 5.41) is 5.42. The fourth-order valence-electron chi connectivity index (χ4n) is 13.7. The number of fused-ring (bicyclic) bond motifs is 8. The number of hydrogen-bond acceptors (Lipinski definition) is 2. The smallest absolute Gasteiger partial charge is 0.416 e. The van der Waals surface area contributed by atoms with Crippen molar-refractivity contribution in [3.63, 3.8) is 0 Å². The van der Waals surface area contributed by atoms with Gasteiger partial charge in [-0.1, -0.05) is 163 Å². The zero-order valence-electron chi connectivity index (χ0n) is 41.7. The highest BCUT2D eigenvalue weighted by Gasteiger charge is 2.46. The molecule has 0 saturated heterocycles. The molecule has 10 heteroatoms. The lowest BCUT2D eigenvalue weighted by Gasteiger charge is -2.38. The third-order valence-electron chi connectivity index (χ3n) is 16.9. The van der Waals surface area contributed by atoms with Crippen LogP contribution in [-0.4, -0.2) is 13.4 Å². The third kappa shape index (κ3) is 6.31. The minimum Gasteiger partial charge on any atom is -0.458 e. The molecule has 0 aliphatic carbocycles. The number of ether oxygens (including phenoxy) is 2. The molecule has 370 valence electrons. The first-order chi connectivity index (χ1) is 37.8. The molecule has 16 rings (SSSR count). The van der Waals surface area contributed by atoms with Crippen LogP contribution in [0.5, 0.6) is 23.0 Å². The Morgan fingerprint density at radius 3 is 1.27 bits per heavy atom. The Morgan fingerprint density at radius 1 is 0.308 bits per heavy atom. The number of alkyl halides is 6. The average Bonchev–Trinajstić information content (AvgIpc) is 3.34. The summed E-state index contributed by atoms with van der Waals surface area (Å²) >= 11 is 0. The van der Waals surface area contributed by atoms with Crippen LogP contribution >= 0.6 is 0 Å². The summed E-state index contributed by atoms with van der Waals surface area (Å²) in [5.41, 5.74) is 15.5. The fraction of sp³-hybridized carbons (Fsp3) is 0.0588. The van der Waals surface area contributed by atoms with Gasteiger partial charge < -0.3 is 9.47 Å². The van der Waals surface area contributed by atoms with Gasteiger partial charge in [0.1, 0.15) is 23.0 Å². The standard InChI is InChI=1S/C68H38B2F6O2/c1-35-21-23-53-57(26-35)77-59-27-36(2)25-51-47-31-45(43-19-11-9-17-41(43)37-13-5-3-6-14-37)49-34-56-62-48(52-28-40(68(74,75)76)30-60-66(52)70(56)54-24-22-39(67(71,72)73)29-58(54)78-60)32-46(44-20-12-10-18-42(44)38-15-7-4-8-16-38)50-33-55(69(53)65(51)59)61(47)63(49)64(50)62/h3-34H,1-2H3. The second-order valence-corrected chi connectivity index (χ2v) is 21.3. The predicted molar refractivity (Wildman–Crippen MR) is 305 cm³/mol. The van der Waals surface area contributed by atoms with Crippen molar-refractivity contribution >= 4 is 78.5 Å².